The molecule has 0 saturated heterocycles. The van der Waals surface area contributed by atoms with E-state index in [9.17, 15) is 23.3 Å². The van der Waals surface area contributed by atoms with Crippen molar-refractivity contribution in [2.24, 2.45) is 0 Å². The standard InChI is InChI=1S/C22H37N3O10S/c1-3-4-9-35-22(26)23-7-10-31-12-14-33-16-17-34-15-13-32-11-8-24-36(29,30)21-6-5-20(25(27)28)18-19(21)2/h5-6,18,24H,3-4,7-17H2,1-2H3,(H,23,26). The molecular formula is C22H37N3O10S. The van der Waals surface area contributed by atoms with Gasteiger partial charge in [-0.3, -0.25) is 10.1 Å². The number of nitrogens with zero attached hydrogens (tertiary/aromatic N) is 1. The summed E-state index contributed by atoms with van der Waals surface area (Å²) in [6, 6.07) is 3.58. The highest BCUT2D eigenvalue weighted by Gasteiger charge is 2.18. The smallest absolute Gasteiger partial charge is 0.407 e. The van der Waals surface area contributed by atoms with Crippen LogP contribution in [0.15, 0.2) is 23.1 Å². The summed E-state index contributed by atoms with van der Waals surface area (Å²) in [7, 11) is -3.79. The molecule has 1 amide bonds. The molecule has 0 radical (unpaired) electrons. The van der Waals surface area contributed by atoms with E-state index in [1.807, 2.05) is 6.92 Å². The molecule has 0 spiro atoms. The average Bonchev–Trinajstić information content (AvgIpc) is 2.83. The number of rotatable bonds is 21. The zero-order valence-corrected chi connectivity index (χ0v) is 21.7. The van der Waals surface area contributed by atoms with Crippen LogP contribution in [0.1, 0.15) is 25.3 Å². The number of nitro groups is 1. The molecule has 13 nitrogen and oxygen atoms in total. The van der Waals surface area contributed by atoms with Gasteiger partial charge in [0.15, 0.2) is 0 Å². The number of benzene rings is 1. The van der Waals surface area contributed by atoms with Gasteiger partial charge in [-0.1, -0.05) is 13.3 Å². The second-order valence-electron chi connectivity index (χ2n) is 7.47. The van der Waals surface area contributed by atoms with Gasteiger partial charge in [-0.2, -0.15) is 0 Å². The lowest BCUT2D eigenvalue weighted by molar-refractivity contribution is -0.385. The Morgan fingerprint density at radius 1 is 0.917 bits per heavy atom. The fourth-order valence-corrected chi connectivity index (χ4v) is 3.96. The fourth-order valence-electron chi connectivity index (χ4n) is 2.72. The van der Waals surface area contributed by atoms with Crippen LogP contribution < -0.4 is 10.0 Å². The SMILES string of the molecule is CCCCOC(=O)NCCOCCOCCOCCOCCNS(=O)(=O)c1ccc([N+](=O)[O-])cc1C. The van der Waals surface area contributed by atoms with Gasteiger partial charge in [-0.25, -0.2) is 17.9 Å². The molecule has 0 unspecified atom stereocenters. The van der Waals surface area contributed by atoms with Crippen molar-refractivity contribution < 1.29 is 41.8 Å². The molecule has 0 aromatic heterocycles. The van der Waals surface area contributed by atoms with Gasteiger partial charge in [0.1, 0.15) is 0 Å². The lowest BCUT2D eigenvalue weighted by Crippen LogP contribution is -2.28. The highest BCUT2D eigenvalue weighted by atomic mass is 32.2. The number of nitrogens with one attached hydrogen (secondary N) is 2. The molecule has 206 valence electrons. The number of hydrogen-bond acceptors (Lipinski definition) is 10. The van der Waals surface area contributed by atoms with E-state index >= 15 is 0 Å². The van der Waals surface area contributed by atoms with E-state index in [1.165, 1.54) is 19.1 Å². The van der Waals surface area contributed by atoms with Crippen LogP contribution in [0.5, 0.6) is 0 Å². The molecule has 2 N–H and O–H groups in total. The Labute approximate surface area is 212 Å². The molecule has 14 heteroatoms. The summed E-state index contributed by atoms with van der Waals surface area (Å²) in [4.78, 5) is 21.5. The largest absolute Gasteiger partial charge is 0.450 e. The third-order valence-electron chi connectivity index (χ3n) is 4.56. The summed E-state index contributed by atoms with van der Waals surface area (Å²) < 4.78 is 53.4. The van der Waals surface area contributed by atoms with Crippen LogP contribution in [0, 0.1) is 17.0 Å². The van der Waals surface area contributed by atoms with Crippen molar-refractivity contribution in [3.05, 3.63) is 33.9 Å². The Kier molecular flexibility index (Phi) is 16.6. The third kappa shape index (κ3) is 14.3. The molecule has 0 atom stereocenters. The first-order chi connectivity index (χ1) is 17.3. The predicted octanol–water partition coefficient (Wildman–Crippen LogP) is 1.77. The molecule has 0 fully saturated rings. The van der Waals surface area contributed by atoms with Gasteiger partial charge < -0.3 is 29.0 Å². The Bertz CT molecular complexity index is 883. The van der Waals surface area contributed by atoms with E-state index in [0.29, 0.717) is 52.8 Å². The number of ether oxygens (including phenoxy) is 5. The van der Waals surface area contributed by atoms with E-state index in [2.05, 4.69) is 10.0 Å². The predicted molar refractivity (Wildman–Crippen MR) is 131 cm³/mol. The number of sulfonamides is 1. The van der Waals surface area contributed by atoms with E-state index in [0.717, 1.165) is 18.9 Å². The minimum absolute atomic E-state index is 0.0130. The highest BCUT2D eigenvalue weighted by Crippen LogP contribution is 2.20. The maximum Gasteiger partial charge on any atom is 0.407 e. The van der Waals surface area contributed by atoms with E-state index in [-0.39, 0.29) is 35.9 Å². The normalized spacial score (nSPS) is 11.4. The Hall–Kier alpha value is -2.36. The summed E-state index contributed by atoms with van der Waals surface area (Å²) >= 11 is 0. The number of unbranched alkanes of at least 4 members (excludes halogenated alkanes) is 1. The molecule has 1 rings (SSSR count). The second-order valence-corrected chi connectivity index (χ2v) is 9.21. The van der Waals surface area contributed by atoms with Gasteiger partial charge in [0.2, 0.25) is 10.0 Å². The molecule has 0 aliphatic heterocycles. The molecule has 0 aliphatic carbocycles. The summed E-state index contributed by atoms with van der Waals surface area (Å²) in [5.41, 5.74) is 0.121. The first-order valence-corrected chi connectivity index (χ1v) is 13.2. The highest BCUT2D eigenvalue weighted by molar-refractivity contribution is 7.89. The lowest BCUT2D eigenvalue weighted by Gasteiger charge is -2.10. The number of hydrogen-bond donors (Lipinski definition) is 2. The Balaban J connectivity index is 1.94. The molecule has 0 heterocycles. The summed E-state index contributed by atoms with van der Waals surface area (Å²) in [6.07, 6.45) is 1.37. The lowest BCUT2D eigenvalue weighted by atomic mass is 10.2. The van der Waals surface area contributed by atoms with Crippen molar-refractivity contribution in [1.82, 2.24) is 10.0 Å². The van der Waals surface area contributed by atoms with E-state index in [4.69, 9.17) is 23.7 Å². The first-order valence-electron chi connectivity index (χ1n) is 11.7. The maximum absolute atomic E-state index is 12.3. The molecule has 1 aromatic rings. The maximum atomic E-state index is 12.3. The monoisotopic (exact) mass is 535 g/mol. The fraction of sp³-hybridized carbons (Fsp3) is 0.682. The molecule has 0 saturated carbocycles. The zero-order valence-electron chi connectivity index (χ0n) is 20.9. The van der Waals surface area contributed by atoms with Crippen LogP contribution in [0.4, 0.5) is 10.5 Å². The summed E-state index contributed by atoms with van der Waals surface area (Å²) in [5.74, 6) is 0. The quantitative estimate of drug-likeness (QED) is 0.135. The average molecular weight is 536 g/mol. The van der Waals surface area contributed by atoms with E-state index < -0.39 is 21.0 Å². The molecule has 0 aliphatic rings. The van der Waals surface area contributed by atoms with Gasteiger partial charge in [0.25, 0.3) is 5.69 Å². The number of carbonyl (C=O) groups excluding carboxylic acids is 1. The first kappa shape index (κ1) is 31.7. The van der Waals surface area contributed by atoms with Gasteiger partial charge in [0, 0.05) is 25.2 Å². The topological polar surface area (TPSA) is 165 Å². The number of alkyl carbamates (subject to hydrolysis) is 1. The van der Waals surface area contributed by atoms with Crippen LogP contribution >= 0.6 is 0 Å². The van der Waals surface area contributed by atoms with Crippen LogP contribution in [-0.2, 0) is 33.7 Å². The van der Waals surface area contributed by atoms with Crippen molar-refractivity contribution in [1.29, 1.82) is 0 Å². The van der Waals surface area contributed by atoms with Gasteiger partial charge in [-0.05, 0) is 25.0 Å². The summed E-state index contributed by atoms with van der Waals surface area (Å²) in [5, 5.41) is 13.4. The number of aryl methyl sites for hydroxylation is 1. The molecule has 1 aromatic carbocycles. The van der Waals surface area contributed by atoms with E-state index in [1.54, 1.807) is 0 Å². The molecule has 36 heavy (non-hydrogen) atoms. The third-order valence-corrected chi connectivity index (χ3v) is 6.18. The number of carbonyl (C=O) groups is 1. The van der Waals surface area contributed by atoms with Gasteiger partial charge in [-0.15, -0.1) is 0 Å². The van der Waals surface area contributed by atoms with Crippen molar-refractivity contribution >= 4 is 21.8 Å². The van der Waals surface area contributed by atoms with Gasteiger partial charge >= 0.3 is 6.09 Å². The summed E-state index contributed by atoms with van der Waals surface area (Å²) in [6.45, 7) is 7.04. The van der Waals surface area contributed by atoms with Crippen LogP contribution in [0.2, 0.25) is 0 Å². The molecule has 0 bridgehead atoms. The van der Waals surface area contributed by atoms with Crippen LogP contribution in [0.3, 0.4) is 0 Å². The second kappa shape index (κ2) is 18.8. The van der Waals surface area contributed by atoms with Crippen molar-refractivity contribution in [2.75, 3.05) is 72.6 Å². The number of nitro benzene ring substituents is 1. The minimum Gasteiger partial charge on any atom is -0.450 e. The zero-order chi connectivity index (χ0) is 26.7. The minimum atomic E-state index is -3.79. The number of amides is 1. The van der Waals surface area contributed by atoms with Crippen molar-refractivity contribution in [3.8, 4) is 0 Å². The Morgan fingerprint density at radius 2 is 1.47 bits per heavy atom. The van der Waals surface area contributed by atoms with Crippen LogP contribution in [0.25, 0.3) is 0 Å². The Morgan fingerprint density at radius 3 is 2.00 bits per heavy atom. The number of non-ortho nitro benzene ring substituents is 1. The van der Waals surface area contributed by atoms with Crippen molar-refractivity contribution in [2.45, 2.75) is 31.6 Å². The van der Waals surface area contributed by atoms with Crippen molar-refractivity contribution in [3.63, 3.8) is 0 Å². The molecular weight excluding hydrogens is 498 g/mol. The van der Waals surface area contributed by atoms with Crippen LogP contribution in [-0.4, -0.2) is 92.0 Å². The van der Waals surface area contributed by atoms with Gasteiger partial charge in [0.05, 0.1) is 69.3 Å².